The number of hydrogen-bond donors (Lipinski definition) is 2. The Balaban J connectivity index is 1.86. The molecule has 0 amide bonds. The first-order chi connectivity index (χ1) is 9.69. The first kappa shape index (κ1) is 14.8. The molecule has 1 aliphatic rings. The molecule has 5 nitrogen and oxygen atoms in total. The van der Waals surface area contributed by atoms with E-state index in [9.17, 15) is 4.79 Å². The molecule has 2 rings (SSSR count). The predicted octanol–water partition coefficient (Wildman–Crippen LogP) is 3.20. The van der Waals surface area contributed by atoms with Gasteiger partial charge in [-0.3, -0.25) is 4.99 Å². The van der Waals surface area contributed by atoms with E-state index < -0.39 is 5.30 Å². The van der Waals surface area contributed by atoms with Gasteiger partial charge in [0.25, 0.3) is 0 Å². The van der Waals surface area contributed by atoms with Gasteiger partial charge in [-0.25, -0.2) is 9.78 Å². The lowest BCUT2D eigenvalue weighted by molar-refractivity contribution is 0.222. The number of aromatic nitrogens is 1. The van der Waals surface area contributed by atoms with E-state index in [0.717, 1.165) is 55.5 Å². The zero-order valence-electron chi connectivity index (χ0n) is 11.6. The van der Waals surface area contributed by atoms with Crippen LogP contribution in [-0.2, 0) is 12.8 Å². The molecular weight excluding hydrogens is 274 g/mol. The largest absolute Gasteiger partial charge is 0.473 e. The first-order valence-corrected chi connectivity index (χ1v) is 7.60. The fourth-order valence-electron chi connectivity index (χ4n) is 2.24. The van der Waals surface area contributed by atoms with Gasteiger partial charge < -0.3 is 10.4 Å². The number of fused-ring (bicyclic) bond motifs is 1. The van der Waals surface area contributed by atoms with Crippen LogP contribution in [0.4, 0.5) is 10.6 Å². The number of hydrogen-bond acceptors (Lipinski definition) is 5. The molecule has 0 atom stereocenters. The standard InChI is InChI=1S/C14H19N3O2S/c1-15-12(20-14(18)19)6-2-5-11-8-7-10-4-3-9-16-13(10)17-11/h7-8H,2-6,9H2,1H3,(H,16,17)(H,18,19). The Bertz CT molecular complexity index is 517. The minimum atomic E-state index is -0.901. The Morgan fingerprint density at radius 1 is 1.55 bits per heavy atom. The van der Waals surface area contributed by atoms with Crippen molar-refractivity contribution in [2.24, 2.45) is 4.99 Å². The summed E-state index contributed by atoms with van der Waals surface area (Å²) < 4.78 is 0. The molecule has 108 valence electrons. The van der Waals surface area contributed by atoms with Gasteiger partial charge in [0.15, 0.2) is 0 Å². The minimum Gasteiger partial charge on any atom is -0.473 e. The highest BCUT2D eigenvalue weighted by molar-refractivity contribution is 8.26. The molecule has 2 N–H and O–H groups in total. The number of aliphatic imine (C=N–C) groups is 1. The van der Waals surface area contributed by atoms with E-state index in [-0.39, 0.29) is 0 Å². The van der Waals surface area contributed by atoms with Crippen molar-refractivity contribution in [1.82, 2.24) is 4.98 Å². The summed E-state index contributed by atoms with van der Waals surface area (Å²) in [4.78, 5) is 19.2. The van der Waals surface area contributed by atoms with E-state index in [0.29, 0.717) is 11.5 Å². The summed E-state index contributed by atoms with van der Waals surface area (Å²) in [5.74, 6) is 1.01. The number of thioether (sulfide) groups is 1. The number of rotatable bonds is 4. The van der Waals surface area contributed by atoms with Crippen LogP contribution in [-0.4, -0.2) is 34.0 Å². The molecule has 0 spiro atoms. The number of carbonyl (C=O) groups is 1. The van der Waals surface area contributed by atoms with Crippen LogP contribution in [0, 0.1) is 0 Å². The summed E-state index contributed by atoms with van der Waals surface area (Å²) in [6.07, 6.45) is 4.64. The molecule has 0 bridgehead atoms. The van der Waals surface area contributed by atoms with Crippen LogP contribution in [0.15, 0.2) is 17.1 Å². The number of nitrogens with one attached hydrogen (secondary N) is 1. The van der Waals surface area contributed by atoms with E-state index in [1.807, 2.05) is 0 Å². The molecule has 0 fully saturated rings. The third kappa shape index (κ3) is 4.23. The number of pyridine rings is 1. The quantitative estimate of drug-likeness (QED) is 0.658. The lowest BCUT2D eigenvalue weighted by atomic mass is 10.1. The number of anilines is 1. The highest BCUT2D eigenvalue weighted by Crippen LogP contribution is 2.20. The summed E-state index contributed by atoms with van der Waals surface area (Å²) in [6, 6.07) is 4.21. The lowest BCUT2D eigenvalue weighted by Crippen LogP contribution is -2.14. The predicted molar refractivity (Wildman–Crippen MR) is 83.0 cm³/mol. The molecule has 0 radical (unpaired) electrons. The Morgan fingerprint density at radius 3 is 3.15 bits per heavy atom. The highest BCUT2D eigenvalue weighted by atomic mass is 32.2. The number of nitrogens with zero attached hydrogens (tertiary/aromatic N) is 2. The SMILES string of the molecule is CN=C(CCCc1ccc2c(n1)NCCC2)SC(=O)O. The third-order valence-corrected chi connectivity index (χ3v) is 4.03. The monoisotopic (exact) mass is 293 g/mol. The van der Waals surface area contributed by atoms with Gasteiger partial charge in [0.2, 0.25) is 0 Å². The van der Waals surface area contributed by atoms with Crippen LogP contribution in [0.25, 0.3) is 0 Å². The van der Waals surface area contributed by atoms with Crippen LogP contribution in [0.1, 0.15) is 30.5 Å². The number of carboxylic acid groups (broad SMARTS) is 1. The summed E-state index contributed by atoms with van der Waals surface area (Å²) in [5, 5.41) is 11.8. The van der Waals surface area contributed by atoms with Gasteiger partial charge in [-0.2, -0.15) is 0 Å². The van der Waals surface area contributed by atoms with Gasteiger partial charge in [-0.15, -0.1) is 0 Å². The molecule has 0 saturated heterocycles. The van der Waals surface area contributed by atoms with E-state index in [4.69, 9.17) is 5.11 Å². The fraction of sp³-hybridized carbons (Fsp3) is 0.500. The van der Waals surface area contributed by atoms with Crippen molar-refractivity contribution in [3.8, 4) is 0 Å². The maximum atomic E-state index is 10.6. The van der Waals surface area contributed by atoms with Crippen molar-refractivity contribution in [2.45, 2.75) is 32.1 Å². The van der Waals surface area contributed by atoms with Crippen LogP contribution < -0.4 is 5.32 Å². The molecule has 1 aromatic heterocycles. The zero-order chi connectivity index (χ0) is 14.4. The molecular formula is C14H19N3O2S. The number of aryl methyl sites for hydroxylation is 2. The summed E-state index contributed by atoms with van der Waals surface area (Å²) >= 11 is 0.791. The molecule has 1 aromatic rings. The van der Waals surface area contributed by atoms with Crippen LogP contribution in [0.5, 0.6) is 0 Å². The van der Waals surface area contributed by atoms with Gasteiger partial charge in [-0.05, 0) is 43.7 Å². The van der Waals surface area contributed by atoms with Gasteiger partial charge in [-0.1, -0.05) is 6.07 Å². The smallest absolute Gasteiger partial charge is 0.370 e. The molecule has 0 aromatic carbocycles. The van der Waals surface area contributed by atoms with Crippen LogP contribution in [0.2, 0.25) is 0 Å². The van der Waals surface area contributed by atoms with Gasteiger partial charge >= 0.3 is 5.30 Å². The second-order valence-electron chi connectivity index (χ2n) is 4.68. The van der Waals surface area contributed by atoms with Crippen molar-refractivity contribution in [1.29, 1.82) is 0 Å². The summed E-state index contributed by atoms with van der Waals surface area (Å²) in [6.45, 7) is 0.991. The van der Waals surface area contributed by atoms with Gasteiger partial charge in [0.05, 0.1) is 5.04 Å². The maximum Gasteiger partial charge on any atom is 0.370 e. The van der Waals surface area contributed by atoms with Crippen molar-refractivity contribution < 1.29 is 9.90 Å². The second kappa shape index (κ2) is 7.28. The normalized spacial score (nSPS) is 14.6. The lowest BCUT2D eigenvalue weighted by Gasteiger charge is -2.17. The van der Waals surface area contributed by atoms with E-state index >= 15 is 0 Å². The molecule has 2 heterocycles. The van der Waals surface area contributed by atoms with E-state index in [1.165, 1.54) is 5.56 Å². The Hall–Kier alpha value is -1.56. The van der Waals surface area contributed by atoms with Crippen molar-refractivity contribution in [2.75, 3.05) is 18.9 Å². The topological polar surface area (TPSA) is 74.6 Å². The Labute approximate surface area is 122 Å². The van der Waals surface area contributed by atoms with Crippen LogP contribution in [0.3, 0.4) is 0 Å². The maximum absolute atomic E-state index is 10.6. The van der Waals surface area contributed by atoms with E-state index in [1.54, 1.807) is 7.05 Å². The summed E-state index contributed by atoms with van der Waals surface area (Å²) in [7, 11) is 1.63. The Morgan fingerprint density at radius 2 is 2.40 bits per heavy atom. The van der Waals surface area contributed by atoms with Gasteiger partial charge in [0.1, 0.15) is 5.82 Å². The molecule has 1 aliphatic heterocycles. The van der Waals surface area contributed by atoms with Crippen molar-refractivity contribution in [3.63, 3.8) is 0 Å². The van der Waals surface area contributed by atoms with Crippen molar-refractivity contribution in [3.05, 3.63) is 23.4 Å². The average molecular weight is 293 g/mol. The zero-order valence-corrected chi connectivity index (χ0v) is 12.4. The molecule has 0 unspecified atom stereocenters. The van der Waals surface area contributed by atoms with Gasteiger partial charge in [0, 0.05) is 31.0 Å². The fourth-order valence-corrected chi connectivity index (χ4v) is 2.78. The first-order valence-electron chi connectivity index (χ1n) is 6.78. The molecule has 6 heteroatoms. The third-order valence-electron chi connectivity index (χ3n) is 3.23. The molecule has 0 saturated carbocycles. The van der Waals surface area contributed by atoms with E-state index in [2.05, 4.69) is 27.4 Å². The average Bonchev–Trinajstić information content (AvgIpc) is 2.45. The highest BCUT2D eigenvalue weighted by Gasteiger charge is 2.11. The molecule has 0 aliphatic carbocycles. The Kier molecular flexibility index (Phi) is 5.40. The molecule has 20 heavy (non-hydrogen) atoms. The second-order valence-corrected chi connectivity index (χ2v) is 5.70. The van der Waals surface area contributed by atoms with Crippen molar-refractivity contribution >= 4 is 27.9 Å². The van der Waals surface area contributed by atoms with Crippen LogP contribution >= 0.6 is 11.8 Å². The minimum absolute atomic E-state index is 0.661. The summed E-state index contributed by atoms with van der Waals surface area (Å²) in [5.41, 5.74) is 2.34.